The molecule has 4 aliphatic carbocycles. The van der Waals surface area contributed by atoms with Crippen LogP contribution in [0.15, 0.2) is 11.3 Å². The van der Waals surface area contributed by atoms with Crippen molar-refractivity contribution >= 4 is 5.97 Å². The highest BCUT2D eigenvalue weighted by Crippen LogP contribution is 2.68. The van der Waals surface area contributed by atoms with Crippen molar-refractivity contribution < 1.29 is 38.3 Å². The van der Waals surface area contributed by atoms with Crippen molar-refractivity contribution in [2.45, 2.75) is 113 Å². The summed E-state index contributed by atoms with van der Waals surface area (Å²) in [4.78, 5) is 12.3. The lowest BCUT2D eigenvalue weighted by molar-refractivity contribution is -0.294. The minimum atomic E-state index is -0.930. The summed E-state index contributed by atoms with van der Waals surface area (Å²) in [6.45, 7) is 11.7. The molecule has 3 saturated heterocycles. The van der Waals surface area contributed by atoms with E-state index in [-0.39, 0.29) is 28.0 Å². The fourth-order valence-electron chi connectivity index (χ4n) is 8.12. The lowest BCUT2D eigenvalue weighted by Crippen LogP contribution is -2.67. The number of carbonyl (C=O) groups is 1. The van der Waals surface area contributed by atoms with E-state index < -0.39 is 11.4 Å². The van der Waals surface area contributed by atoms with E-state index in [0.29, 0.717) is 37.1 Å². The monoisotopic (exact) mass is 520 g/mol. The first-order chi connectivity index (χ1) is 17.4. The van der Waals surface area contributed by atoms with E-state index >= 15 is 0 Å². The van der Waals surface area contributed by atoms with E-state index in [1.807, 2.05) is 6.92 Å². The molecule has 3 heterocycles. The Balaban J connectivity index is 1.33. The van der Waals surface area contributed by atoms with Crippen molar-refractivity contribution in [1.82, 2.24) is 0 Å². The highest BCUT2D eigenvalue weighted by Gasteiger charge is 2.67. The van der Waals surface area contributed by atoms with Gasteiger partial charge in [0.2, 0.25) is 0 Å². The van der Waals surface area contributed by atoms with Gasteiger partial charge in [-0.05, 0) is 65.7 Å². The molecule has 0 spiro atoms. The topological polar surface area (TPSA) is 92.7 Å². The van der Waals surface area contributed by atoms with Gasteiger partial charge >= 0.3 is 5.97 Å². The molecule has 7 rings (SSSR count). The molecule has 0 radical (unpaired) electrons. The molecule has 7 aliphatic rings. The normalized spacial score (nSPS) is 48.5. The van der Waals surface area contributed by atoms with Crippen LogP contribution >= 0.6 is 0 Å². The Hall–Kier alpha value is -1.19. The van der Waals surface area contributed by atoms with Crippen LogP contribution in [0.3, 0.4) is 0 Å². The zero-order valence-corrected chi connectivity index (χ0v) is 23.0. The third kappa shape index (κ3) is 4.65. The Bertz CT molecular complexity index is 919. The summed E-state index contributed by atoms with van der Waals surface area (Å²) in [5.74, 6) is 0.0670. The van der Waals surface area contributed by atoms with E-state index in [9.17, 15) is 9.90 Å². The van der Waals surface area contributed by atoms with Crippen LogP contribution in [0.5, 0.6) is 0 Å². The van der Waals surface area contributed by atoms with Crippen molar-refractivity contribution in [1.29, 1.82) is 0 Å². The van der Waals surface area contributed by atoms with Gasteiger partial charge in [0.15, 0.2) is 0 Å². The summed E-state index contributed by atoms with van der Waals surface area (Å²) in [5, 5.41) is 10.1. The number of carboxylic acids is 1. The molecule has 4 saturated carbocycles. The first-order valence-corrected chi connectivity index (χ1v) is 14.2. The van der Waals surface area contributed by atoms with Gasteiger partial charge in [0.25, 0.3) is 0 Å². The van der Waals surface area contributed by atoms with Crippen molar-refractivity contribution in [3.05, 3.63) is 11.3 Å². The highest BCUT2D eigenvalue weighted by molar-refractivity contribution is 5.86. The van der Waals surface area contributed by atoms with Crippen LogP contribution in [0.2, 0.25) is 0 Å². The summed E-state index contributed by atoms with van der Waals surface area (Å²) in [6.07, 6.45) is 8.10. The lowest BCUT2D eigenvalue weighted by Gasteiger charge is -2.66. The largest absolute Gasteiger partial charge is 0.494 e. The molecule has 0 aromatic heterocycles. The van der Waals surface area contributed by atoms with Gasteiger partial charge in [0.05, 0.1) is 61.0 Å². The second-order valence-electron chi connectivity index (χ2n) is 13.9. The number of allylic oxidation sites excluding steroid dienone is 1. The molecule has 4 bridgehead atoms. The molecule has 208 valence electrons. The van der Waals surface area contributed by atoms with Crippen LogP contribution in [-0.2, 0) is 33.2 Å². The van der Waals surface area contributed by atoms with Crippen LogP contribution < -0.4 is 0 Å². The zero-order valence-electron chi connectivity index (χ0n) is 23.0. The molecule has 3 aliphatic heterocycles. The fraction of sp³-hybridized carbons (Fsp3) is 0.897. The number of aliphatic carboxylic acids is 1. The van der Waals surface area contributed by atoms with Gasteiger partial charge in [0, 0.05) is 31.1 Å². The summed E-state index contributed by atoms with van der Waals surface area (Å²) < 4.78 is 37.7. The molecule has 0 aromatic rings. The van der Waals surface area contributed by atoms with Crippen LogP contribution in [0.25, 0.3) is 0 Å². The molecule has 7 fully saturated rings. The first kappa shape index (κ1) is 26.1. The minimum Gasteiger partial charge on any atom is -0.494 e. The van der Waals surface area contributed by atoms with Gasteiger partial charge in [-0.15, -0.1) is 0 Å². The molecular weight excluding hydrogens is 476 g/mol. The standard InChI is InChI=1S/C29H44O8/c1-20(23(30)31)22(32-17-24(2)5-8-33-24)27-11-21-12-28(14-27,36-18-25(3)6-9-34-25)16-29(13-21,15-27)37-19-26(4)7-10-35-26/h21H,5-19H2,1-4H3,(H,30,31). The zero-order chi connectivity index (χ0) is 26.2. The Morgan fingerprint density at radius 2 is 1.24 bits per heavy atom. The maximum absolute atomic E-state index is 12.3. The Kier molecular flexibility index (Phi) is 6.09. The number of ether oxygens (including phenoxy) is 6. The van der Waals surface area contributed by atoms with E-state index in [2.05, 4.69) is 13.8 Å². The van der Waals surface area contributed by atoms with Crippen molar-refractivity contribution in [3.63, 3.8) is 0 Å². The van der Waals surface area contributed by atoms with Gasteiger partial charge in [-0.2, -0.15) is 0 Å². The van der Waals surface area contributed by atoms with Gasteiger partial charge in [-0.1, -0.05) is 0 Å². The second-order valence-corrected chi connectivity index (χ2v) is 13.9. The fourth-order valence-corrected chi connectivity index (χ4v) is 8.12. The van der Waals surface area contributed by atoms with Gasteiger partial charge in [0.1, 0.15) is 18.0 Å². The summed E-state index contributed by atoms with van der Waals surface area (Å²) >= 11 is 0. The number of hydrogen-bond donors (Lipinski definition) is 1. The third-order valence-corrected chi connectivity index (χ3v) is 10.2. The molecule has 1 N–H and O–H groups in total. The SMILES string of the molecule is CC(C(=O)O)=C(OCC1(C)CCO1)C12CC3CC(OCC4(C)CCO4)(CC(OCC4(C)CCO4)(C3)C1)C2. The van der Waals surface area contributed by atoms with Crippen molar-refractivity contribution in [2.75, 3.05) is 39.6 Å². The molecular formula is C29H44O8. The third-order valence-electron chi connectivity index (χ3n) is 10.2. The van der Waals surface area contributed by atoms with Crippen LogP contribution in [0.4, 0.5) is 0 Å². The Morgan fingerprint density at radius 3 is 1.65 bits per heavy atom. The van der Waals surface area contributed by atoms with E-state index in [4.69, 9.17) is 28.4 Å². The Labute approximate surface area is 220 Å². The lowest BCUT2D eigenvalue weighted by atomic mass is 9.45. The molecule has 37 heavy (non-hydrogen) atoms. The predicted octanol–water partition coefficient (Wildman–Crippen LogP) is 4.39. The molecule has 8 heteroatoms. The second kappa shape index (κ2) is 8.65. The van der Waals surface area contributed by atoms with Crippen LogP contribution in [0.1, 0.15) is 85.5 Å². The molecule has 8 nitrogen and oxygen atoms in total. The van der Waals surface area contributed by atoms with E-state index in [1.165, 1.54) is 0 Å². The maximum Gasteiger partial charge on any atom is 0.334 e. The number of carboxylic acid groups (broad SMARTS) is 1. The highest BCUT2D eigenvalue weighted by atomic mass is 16.6. The summed E-state index contributed by atoms with van der Waals surface area (Å²) in [5.41, 5.74) is -1.75. The predicted molar refractivity (Wildman–Crippen MR) is 134 cm³/mol. The molecule has 0 amide bonds. The van der Waals surface area contributed by atoms with Gasteiger partial charge < -0.3 is 33.5 Å². The smallest absolute Gasteiger partial charge is 0.334 e. The van der Waals surface area contributed by atoms with Crippen LogP contribution in [0, 0.1) is 11.3 Å². The number of hydrogen-bond acceptors (Lipinski definition) is 7. The number of rotatable bonds is 11. The quantitative estimate of drug-likeness (QED) is 0.317. The minimum absolute atomic E-state index is 0.236. The summed E-state index contributed by atoms with van der Waals surface area (Å²) in [6, 6.07) is 0. The maximum atomic E-state index is 12.3. The molecule has 0 aromatic carbocycles. The van der Waals surface area contributed by atoms with Crippen molar-refractivity contribution in [2.24, 2.45) is 11.3 Å². The van der Waals surface area contributed by atoms with Crippen LogP contribution in [-0.4, -0.2) is 78.7 Å². The molecule has 5 atom stereocenters. The average Bonchev–Trinajstić information content (AvgIpc) is 2.77. The molecule has 5 unspecified atom stereocenters. The van der Waals surface area contributed by atoms with E-state index in [1.54, 1.807) is 6.92 Å². The summed E-state index contributed by atoms with van der Waals surface area (Å²) in [7, 11) is 0. The first-order valence-electron chi connectivity index (χ1n) is 14.2. The van der Waals surface area contributed by atoms with Crippen molar-refractivity contribution in [3.8, 4) is 0 Å². The Morgan fingerprint density at radius 1 is 0.784 bits per heavy atom. The van der Waals surface area contributed by atoms with Gasteiger partial charge in [-0.3, -0.25) is 0 Å². The van der Waals surface area contributed by atoms with Gasteiger partial charge in [-0.25, -0.2) is 4.79 Å². The van der Waals surface area contributed by atoms with E-state index in [0.717, 1.165) is 77.6 Å². The average molecular weight is 521 g/mol.